The van der Waals surface area contributed by atoms with Gasteiger partial charge >= 0.3 is 0 Å². The SMILES string of the molecule is Cc1nc(N2CC(C(N)=O)CCC2C)c2cnn(C)c2n1. The van der Waals surface area contributed by atoms with Gasteiger partial charge in [-0.15, -0.1) is 0 Å². The summed E-state index contributed by atoms with van der Waals surface area (Å²) < 4.78 is 1.74. The number of carbonyl (C=O) groups is 1. The van der Waals surface area contributed by atoms with Crippen LogP contribution in [0.25, 0.3) is 11.0 Å². The first-order valence-corrected chi connectivity index (χ1v) is 7.19. The number of aromatic nitrogens is 4. The molecule has 2 aromatic heterocycles. The van der Waals surface area contributed by atoms with Crippen molar-refractivity contribution in [3.8, 4) is 0 Å². The third kappa shape index (κ3) is 2.32. The number of hydrogen-bond donors (Lipinski definition) is 1. The molecule has 1 fully saturated rings. The lowest BCUT2D eigenvalue weighted by Gasteiger charge is -2.38. The normalized spacial score (nSPS) is 22.7. The third-order valence-electron chi connectivity index (χ3n) is 4.24. The molecule has 3 heterocycles. The smallest absolute Gasteiger partial charge is 0.222 e. The molecule has 0 saturated carbocycles. The van der Waals surface area contributed by atoms with Crippen LogP contribution in [0.15, 0.2) is 6.20 Å². The Morgan fingerprint density at radius 2 is 2.14 bits per heavy atom. The van der Waals surface area contributed by atoms with Crippen LogP contribution in [0.4, 0.5) is 5.82 Å². The summed E-state index contributed by atoms with van der Waals surface area (Å²) in [6.45, 7) is 4.63. The van der Waals surface area contributed by atoms with E-state index in [9.17, 15) is 4.79 Å². The van der Waals surface area contributed by atoms with Gasteiger partial charge in [-0.25, -0.2) is 9.97 Å². The minimum absolute atomic E-state index is 0.122. The molecule has 1 aliphatic rings. The Labute approximate surface area is 123 Å². The number of primary amides is 1. The first kappa shape index (κ1) is 13.8. The van der Waals surface area contributed by atoms with E-state index in [1.807, 2.05) is 14.0 Å². The largest absolute Gasteiger partial charge is 0.369 e. The van der Waals surface area contributed by atoms with Crippen molar-refractivity contribution in [1.82, 2.24) is 19.7 Å². The number of hydrogen-bond acceptors (Lipinski definition) is 5. The van der Waals surface area contributed by atoms with Crippen LogP contribution < -0.4 is 10.6 Å². The van der Waals surface area contributed by atoms with Crippen molar-refractivity contribution in [3.05, 3.63) is 12.0 Å². The molecule has 0 bridgehead atoms. The van der Waals surface area contributed by atoms with Crippen molar-refractivity contribution in [2.75, 3.05) is 11.4 Å². The lowest BCUT2D eigenvalue weighted by molar-refractivity contribution is -0.122. The van der Waals surface area contributed by atoms with Crippen LogP contribution >= 0.6 is 0 Å². The molecule has 7 nitrogen and oxygen atoms in total. The molecule has 0 spiro atoms. The zero-order valence-corrected chi connectivity index (χ0v) is 12.6. The average Bonchev–Trinajstić information content (AvgIpc) is 2.80. The number of nitrogens with two attached hydrogens (primary N) is 1. The zero-order chi connectivity index (χ0) is 15.1. The fourth-order valence-electron chi connectivity index (χ4n) is 2.97. The van der Waals surface area contributed by atoms with Crippen LogP contribution in [0.2, 0.25) is 0 Å². The van der Waals surface area contributed by atoms with Gasteiger partial charge in [0.05, 0.1) is 17.5 Å². The highest BCUT2D eigenvalue weighted by atomic mass is 16.1. The molecule has 0 radical (unpaired) electrons. The lowest BCUT2D eigenvalue weighted by atomic mass is 9.93. The van der Waals surface area contributed by atoms with Gasteiger partial charge in [0, 0.05) is 19.6 Å². The fourth-order valence-corrected chi connectivity index (χ4v) is 2.97. The van der Waals surface area contributed by atoms with Crippen molar-refractivity contribution in [2.45, 2.75) is 32.7 Å². The van der Waals surface area contributed by atoms with Gasteiger partial charge in [-0.3, -0.25) is 9.48 Å². The van der Waals surface area contributed by atoms with Crippen LogP contribution in [0, 0.1) is 12.8 Å². The third-order valence-corrected chi connectivity index (χ3v) is 4.24. The monoisotopic (exact) mass is 288 g/mol. The molecule has 2 unspecified atom stereocenters. The Kier molecular flexibility index (Phi) is 3.27. The molecule has 1 aliphatic heterocycles. The Balaban J connectivity index is 2.07. The summed E-state index contributed by atoms with van der Waals surface area (Å²) in [5.74, 6) is 1.20. The van der Waals surface area contributed by atoms with Gasteiger partial charge in [0.1, 0.15) is 11.6 Å². The van der Waals surface area contributed by atoms with Gasteiger partial charge < -0.3 is 10.6 Å². The summed E-state index contributed by atoms with van der Waals surface area (Å²) in [5, 5.41) is 5.18. The molecule has 2 atom stereocenters. The van der Waals surface area contributed by atoms with E-state index in [2.05, 4.69) is 26.9 Å². The first-order chi connectivity index (χ1) is 9.97. The minimum atomic E-state index is -0.236. The van der Waals surface area contributed by atoms with E-state index in [0.717, 1.165) is 29.7 Å². The number of fused-ring (bicyclic) bond motifs is 1. The number of carbonyl (C=O) groups excluding carboxylic acids is 1. The van der Waals surface area contributed by atoms with Crippen LogP contribution in [-0.4, -0.2) is 38.2 Å². The molecule has 0 aliphatic carbocycles. The maximum absolute atomic E-state index is 11.5. The summed E-state index contributed by atoms with van der Waals surface area (Å²) in [7, 11) is 1.87. The van der Waals surface area contributed by atoms with Crippen molar-refractivity contribution in [2.24, 2.45) is 18.7 Å². The molecule has 2 N–H and O–H groups in total. The second-order valence-corrected chi connectivity index (χ2v) is 5.78. The number of piperidine rings is 1. The lowest BCUT2D eigenvalue weighted by Crippen LogP contribution is -2.46. The molecular weight excluding hydrogens is 268 g/mol. The molecule has 7 heteroatoms. The second-order valence-electron chi connectivity index (χ2n) is 5.78. The standard InChI is InChI=1S/C14H20N6O/c1-8-4-5-10(12(15)21)7-20(8)14-11-6-16-19(3)13(11)17-9(2)18-14/h6,8,10H,4-5,7H2,1-3H3,(H2,15,21). The highest BCUT2D eigenvalue weighted by molar-refractivity contribution is 5.87. The number of nitrogens with zero attached hydrogens (tertiary/aromatic N) is 5. The van der Waals surface area contributed by atoms with E-state index >= 15 is 0 Å². The fraction of sp³-hybridized carbons (Fsp3) is 0.571. The Hall–Kier alpha value is -2.18. The Morgan fingerprint density at radius 3 is 2.86 bits per heavy atom. The Bertz CT molecular complexity index is 694. The summed E-state index contributed by atoms with van der Waals surface area (Å²) in [6.07, 6.45) is 3.55. The summed E-state index contributed by atoms with van der Waals surface area (Å²) in [6, 6.07) is 0.318. The van der Waals surface area contributed by atoms with E-state index in [1.54, 1.807) is 10.9 Å². The predicted molar refractivity (Wildman–Crippen MR) is 79.8 cm³/mol. The van der Waals surface area contributed by atoms with Crippen LogP contribution in [-0.2, 0) is 11.8 Å². The second kappa shape index (κ2) is 4.98. The molecule has 112 valence electrons. The number of aryl methyl sites for hydroxylation is 2. The first-order valence-electron chi connectivity index (χ1n) is 7.19. The molecule has 1 amide bonds. The molecule has 21 heavy (non-hydrogen) atoms. The van der Waals surface area contributed by atoms with Gasteiger partial charge in [0.25, 0.3) is 0 Å². The number of rotatable bonds is 2. The van der Waals surface area contributed by atoms with Crippen LogP contribution in [0.1, 0.15) is 25.6 Å². The van der Waals surface area contributed by atoms with Crippen LogP contribution in [0.3, 0.4) is 0 Å². The van der Waals surface area contributed by atoms with Crippen LogP contribution in [0.5, 0.6) is 0 Å². The van der Waals surface area contributed by atoms with Crippen molar-refractivity contribution in [1.29, 1.82) is 0 Å². The number of anilines is 1. The molecular formula is C14H20N6O. The molecule has 1 saturated heterocycles. The molecule has 2 aromatic rings. The Morgan fingerprint density at radius 1 is 1.38 bits per heavy atom. The zero-order valence-electron chi connectivity index (χ0n) is 12.6. The van der Waals surface area contributed by atoms with E-state index < -0.39 is 0 Å². The maximum Gasteiger partial charge on any atom is 0.222 e. The molecule has 0 aromatic carbocycles. The van der Waals surface area contributed by atoms with Crippen molar-refractivity contribution >= 4 is 22.8 Å². The average molecular weight is 288 g/mol. The van der Waals surface area contributed by atoms with Gasteiger partial charge in [-0.05, 0) is 26.7 Å². The highest BCUT2D eigenvalue weighted by Gasteiger charge is 2.31. The summed E-state index contributed by atoms with van der Waals surface area (Å²) in [4.78, 5) is 22.7. The minimum Gasteiger partial charge on any atom is -0.369 e. The van der Waals surface area contributed by atoms with Crippen molar-refractivity contribution < 1.29 is 4.79 Å². The predicted octanol–water partition coefficient (Wildman–Crippen LogP) is 0.762. The number of amides is 1. The summed E-state index contributed by atoms with van der Waals surface area (Å²) >= 11 is 0. The maximum atomic E-state index is 11.5. The quantitative estimate of drug-likeness (QED) is 0.881. The molecule has 3 rings (SSSR count). The van der Waals surface area contributed by atoms with Gasteiger partial charge in [0.2, 0.25) is 5.91 Å². The highest BCUT2D eigenvalue weighted by Crippen LogP contribution is 2.30. The van der Waals surface area contributed by atoms with E-state index in [0.29, 0.717) is 18.4 Å². The van der Waals surface area contributed by atoms with E-state index in [-0.39, 0.29) is 11.8 Å². The van der Waals surface area contributed by atoms with Crippen molar-refractivity contribution in [3.63, 3.8) is 0 Å². The summed E-state index contributed by atoms with van der Waals surface area (Å²) in [5.41, 5.74) is 6.30. The van der Waals surface area contributed by atoms with Gasteiger partial charge in [0.15, 0.2) is 5.65 Å². The van der Waals surface area contributed by atoms with Gasteiger partial charge in [-0.1, -0.05) is 0 Å². The topological polar surface area (TPSA) is 89.9 Å². The van der Waals surface area contributed by atoms with E-state index in [1.165, 1.54) is 0 Å². The van der Waals surface area contributed by atoms with Gasteiger partial charge in [-0.2, -0.15) is 5.10 Å². The van der Waals surface area contributed by atoms with E-state index in [4.69, 9.17) is 5.73 Å².